The van der Waals surface area contributed by atoms with Crippen LogP contribution in [0.15, 0.2) is 66.7 Å². The average molecular weight is 397 g/mol. The zero-order chi connectivity index (χ0) is 20.1. The van der Waals surface area contributed by atoms with Crippen molar-refractivity contribution in [2.75, 3.05) is 6.61 Å². The molecule has 2 aliphatic rings. The molecule has 1 aromatic heterocycles. The molecule has 0 N–H and O–H groups in total. The molecule has 1 fully saturated rings. The monoisotopic (exact) mass is 397 g/mol. The third-order valence-electron chi connectivity index (χ3n) is 5.79. The minimum absolute atomic E-state index is 0.0293. The predicted octanol–water partition coefficient (Wildman–Crippen LogP) is 3.29. The Morgan fingerprint density at radius 3 is 2.60 bits per heavy atom. The van der Waals surface area contributed by atoms with E-state index in [1.165, 1.54) is 0 Å². The fraction of sp³-hybridized carbons (Fsp3) is 0.217. The van der Waals surface area contributed by atoms with E-state index in [-0.39, 0.29) is 18.6 Å². The fourth-order valence-corrected chi connectivity index (χ4v) is 4.23. The van der Waals surface area contributed by atoms with Gasteiger partial charge in [-0.15, -0.1) is 5.10 Å². The molecule has 4 aromatic rings. The Morgan fingerprint density at radius 2 is 1.73 bits per heavy atom. The van der Waals surface area contributed by atoms with Crippen molar-refractivity contribution in [3.63, 3.8) is 0 Å². The van der Waals surface area contributed by atoms with Crippen molar-refractivity contribution >= 4 is 16.7 Å². The van der Waals surface area contributed by atoms with Gasteiger partial charge in [-0.3, -0.25) is 4.79 Å². The summed E-state index contributed by atoms with van der Waals surface area (Å²) in [5, 5.41) is 14.9. The summed E-state index contributed by atoms with van der Waals surface area (Å²) < 4.78 is 7.57. The largest absolute Gasteiger partial charge is 0.483 e. The zero-order valence-electron chi connectivity index (χ0n) is 16.2. The summed E-state index contributed by atoms with van der Waals surface area (Å²) in [6.07, 6.45) is 1.98. The number of amides is 1. The summed E-state index contributed by atoms with van der Waals surface area (Å²) in [5.41, 5.74) is 1.77. The molecular formula is C23H19N5O2. The lowest BCUT2D eigenvalue weighted by Gasteiger charge is -2.29. The van der Waals surface area contributed by atoms with Gasteiger partial charge in [-0.25, -0.2) is 0 Å². The van der Waals surface area contributed by atoms with Gasteiger partial charge in [0.1, 0.15) is 11.8 Å². The standard InChI is InChI=1S/C23H19N5O2/c29-21-14-30-20-8-4-3-7-19(20)22(27(21)17-11-12-17)23-24-25-26-28(23)18-10-9-15-5-1-2-6-16(15)13-18/h1-10,13,17,22H,11-12,14H2. The van der Waals surface area contributed by atoms with Crippen LogP contribution >= 0.6 is 0 Å². The van der Waals surface area contributed by atoms with Gasteiger partial charge in [-0.2, -0.15) is 4.68 Å². The van der Waals surface area contributed by atoms with Crippen LogP contribution in [0.4, 0.5) is 0 Å². The van der Waals surface area contributed by atoms with Crippen molar-refractivity contribution < 1.29 is 9.53 Å². The first-order valence-corrected chi connectivity index (χ1v) is 10.1. The minimum atomic E-state index is -0.398. The topological polar surface area (TPSA) is 73.1 Å². The van der Waals surface area contributed by atoms with Crippen LogP contribution in [-0.2, 0) is 4.79 Å². The fourth-order valence-electron chi connectivity index (χ4n) is 4.23. The zero-order valence-corrected chi connectivity index (χ0v) is 16.2. The second-order valence-corrected chi connectivity index (χ2v) is 7.74. The molecule has 0 spiro atoms. The van der Waals surface area contributed by atoms with Crippen molar-refractivity contribution in [3.8, 4) is 11.4 Å². The maximum absolute atomic E-state index is 13.0. The number of nitrogens with zero attached hydrogens (tertiary/aromatic N) is 5. The molecule has 1 amide bonds. The second-order valence-electron chi connectivity index (χ2n) is 7.74. The number of hydrogen-bond donors (Lipinski definition) is 0. The number of tetrazole rings is 1. The van der Waals surface area contributed by atoms with Crippen LogP contribution in [0.3, 0.4) is 0 Å². The number of aromatic nitrogens is 4. The van der Waals surface area contributed by atoms with Crippen LogP contribution in [0.2, 0.25) is 0 Å². The quantitative estimate of drug-likeness (QED) is 0.530. The van der Waals surface area contributed by atoms with Crippen molar-refractivity contribution in [1.82, 2.24) is 25.1 Å². The summed E-state index contributed by atoms with van der Waals surface area (Å²) in [6.45, 7) is 0.0293. The van der Waals surface area contributed by atoms with E-state index in [9.17, 15) is 4.79 Å². The van der Waals surface area contributed by atoms with E-state index in [0.717, 1.165) is 34.9 Å². The number of fused-ring (bicyclic) bond motifs is 2. The van der Waals surface area contributed by atoms with Crippen molar-refractivity contribution in [1.29, 1.82) is 0 Å². The molecule has 3 aromatic carbocycles. The van der Waals surface area contributed by atoms with E-state index in [1.807, 2.05) is 47.4 Å². The van der Waals surface area contributed by atoms with E-state index in [4.69, 9.17) is 4.74 Å². The highest BCUT2D eigenvalue weighted by Crippen LogP contribution is 2.42. The van der Waals surface area contributed by atoms with E-state index in [0.29, 0.717) is 11.6 Å². The van der Waals surface area contributed by atoms with Gasteiger partial charge in [0.05, 0.1) is 5.69 Å². The highest BCUT2D eigenvalue weighted by atomic mass is 16.5. The van der Waals surface area contributed by atoms with E-state index < -0.39 is 6.04 Å². The maximum Gasteiger partial charge on any atom is 0.261 e. The summed E-state index contributed by atoms with van der Waals surface area (Å²) in [7, 11) is 0. The number of hydrogen-bond acceptors (Lipinski definition) is 5. The molecule has 30 heavy (non-hydrogen) atoms. The van der Waals surface area contributed by atoms with Crippen LogP contribution in [-0.4, -0.2) is 43.7 Å². The molecule has 2 heterocycles. The summed E-state index contributed by atoms with van der Waals surface area (Å²) in [6, 6.07) is 21.9. The smallest absolute Gasteiger partial charge is 0.261 e. The van der Waals surface area contributed by atoms with Crippen LogP contribution in [0.25, 0.3) is 16.5 Å². The molecule has 1 aliphatic heterocycles. The van der Waals surface area contributed by atoms with Crippen LogP contribution < -0.4 is 4.74 Å². The molecule has 6 rings (SSSR count). The minimum Gasteiger partial charge on any atom is -0.483 e. The van der Waals surface area contributed by atoms with Gasteiger partial charge < -0.3 is 9.64 Å². The van der Waals surface area contributed by atoms with Gasteiger partial charge in [0.15, 0.2) is 12.4 Å². The van der Waals surface area contributed by atoms with Gasteiger partial charge in [0.2, 0.25) is 0 Å². The Labute approximate surface area is 172 Å². The normalized spacial score (nSPS) is 18.7. The molecule has 0 bridgehead atoms. The molecule has 7 heteroatoms. The number of carbonyl (C=O) groups excluding carboxylic acids is 1. The molecule has 1 unspecified atom stereocenters. The van der Waals surface area contributed by atoms with Crippen molar-refractivity contribution in [3.05, 3.63) is 78.1 Å². The Bertz CT molecular complexity index is 1260. The Morgan fingerprint density at radius 1 is 0.933 bits per heavy atom. The molecule has 0 radical (unpaired) electrons. The van der Waals surface area contributed by atoms with E-state index >= 15 is 0 Å². The van der Waals surface area contributed by atoms with Gasteiger partial charge in [0, 0.05) is 11.6 Å². The third-order valence-corrected chi connectivity index (χ3v) is 5.79. The number of ether oxygens (including phenoxy) is 1. The first-order chi connectivity index (χ1) is 14.8. The number of benzene rings is 3. The van der Waals surface area contributed by atoms with E-state index in [2.05, 4.69) is 39.8 Å². The average Bonchev–Trinajstić information content (AvgIpc) is 3.53. The maximum atomic E-state index is 13.0. The number of rotatable bonds is 3. The lowest BCUT2D eigenvalue weighted by atomic mass is 10.0. The van der Waals surface area contributed by atoms with Crippen LogP contribution in [0, 0.1) is 0 Å². The molecule has 1 atom stereocenters. The first-order valence-electron chi connectivity index (χ1n) is 10.1. The predicted molar refractivity (Wildman–Crippen MR) is 110 cm³/mol. The van der Waals surface area contributed by atoms with Crippen molar-refractivity contribution in [2.45, 2.75) is 24.9 Å². The summed E-state index contributed by atoms with van der Waals surface area (Å²) >= 11 is 0. The molecule has 1 aliphatic carbocycles. The molecule has 0 saturated heterocycles. The highest BCUT2D eigenvalue weighted by Gasteiger charge is 2.43. The second kappa shape index (κ2) is 6.66. The van der Waals surface area contributed by atoms with E-state index in [1.54, 1.807) is 4.68 Å². The molecular weight excluding hydrogens is 378 g/mol. The van der Waals surface area contributed by atoms with Crippen LogP contribution in [0.5, 0.6) is 5.75 Å². The lowest BCUT2D eigenvalue weighted by molar-refractivity contribution is -0.135. The number of para-hydroxylation sites is 1. The lowest BCUT2D eigenvalue weighted by Crippen LogP contribution is -2.39. The Kier molecular flexibility index (Phi) is 3.80. The first kappa shape index (κ1) is 17.1. The van der Waals surface area contributed by atoms with Crippen LogP contribution in [0.1, 0.15) is 30.3 Å². The SMILES string of the molecule is O=C1COc2ccccc2C(c2nnnn2-c2ccc3ccccc3c2)N1C1CC1. The summed E-state index contributed by atoms with van der Waals surface area (Å²) in [4.78, 5) is 14.9. The summed E-state index contributed by atoms with van der Waals surface area (Å²) in [5.74, 6) is 1.28. The third kappa shape index (κ3) is 2.74. The Balaban J connectivity index is 1.54. The highest BCUT2D eigenvalue weighted by molar-refractivity contribution is 5.84. The molecule has 148 valence electrons. The van der Waals surface area contributed by atoms with Gasteiger partial charge in [-0.05, 0) is 52.2 Å². The molecule has 1 saturated carbocycles. The molecule has 7 nitrogen and oxygen atoms in total. The van der Waals surface area contributed by atoms with Gasteiger partial charge in [-0.1, -0.05) is 48.5 Å². The van der Waals surface area contributed by atoms with Gasteiger partial charge >= 0.3 is 0 Å². The van der Waals surface area contributed by atoms with Gasteiger partial charge in [0.25, 0.3) is 5.91 Å². The Hall–Kier alpha value is -3.74. The number of carbonyl (C=O) groups is 1. The van der Waals surface area contributed by atoms with Crippen molar-refractivity contribution in [2.24, 2.45) is 0 Å².